The third-order valence-electron chi connectivity index (χ3n) is 2.88. The van der Waals surface area contributed by atoms with E-state index in [1.165, 1.54) is 12.1 Å². The second kappa shape index (κ2) is 4.97. The van der Waals surface area contributed by atoms with Crippen LogP contribution in [0.2, 0.25) is 0 Å². The van der Waals surface area contributed by atoms with Gasteiger partial charge in [0, 0.05) is 24.8 Å². The molecule has 0 aliphatic carbocycles. The molecular weight excluding hydrogens is 300 g/mol. The first-order valence-electron chi connectivity index (χ1n) is 5.52. The topological polar surface area (TPSA) is 69.6 Å². The quantitative estimate of drug-likeness (QED) is 0.837. The van der Waals surface area contributed by atoms with E-state index >= 15 is 0 Å². The van der Waals surface area contributed by atoms with Crippen LogP contribution >= 0.6 is 15.9 Å². The second-order valence-corrected chi connectivity index (χ2v) is 5.39. The van der Waals surface area contributed by atoms with E-state index in [0.29, 0.717) is 18.7 Å². The highest BCUT2D eigenvalue weighted by Gasteiger charge is 2.30. The van der Waals surface area contributed by atoms with E-state index in [1.807, 2.05) is 0 Å². The molecule has 2 N–H and O–H groups in total. The number of alkyl halides is 1. The fourth-order valence-corrected chi connectivity index (χ4v) is 2.56. The number of benzene rings is 1. The average Bonchev–Trinajstić information content (AvgIpc) is 2.67. The summed E-state index contributed by atoms with van der Waals surface area (Å²) in [5.74, 6) is -1.00. The van der Waals surface area contributed by atoms with E-state index in [4.69, 9.17) is 5.11 Å². The molecule has 1 atom stereocenters. The van der Waals surface area contributed by atoms with Crippen LogP contribution < -0.4 is 10.2 Å². The molecule has 18 heavy (non-hydrogen) atoms. The van der Waals surface area contributed by atoms with Gasteiger partial charge in [-0.3, -0.25) is 4.79 Å². The maximum absolute atomic E-state index is 11.9. The number of halogens is 1. The molecule has 0 radical (unpaired) electrons. The fourth-order valence-electron chi connectivity index (χ4n) is 2.00. The van der Waals surface area contributed by atoms with Crippen molar-refractivity contribution in [3.8, 4) is 0 Å². The van der Waals surface area contributed by atoms with Crippen molar-refractivity contribution in [1.29, 1.82) is 0 Å². The third kappa shape index (κ3) is 2.33. The van der Waals surface area contributed by atoms with Gasteiger partial charge in [-0.05, 0) is 18.2 Å². The Hall–Kier alpha value is -1.56. The minimum absolute atomic E-state index is 0.00378. The number of rotatable bonds is 3. The van der Waals surface area contributed by atoms with Crippen LogP contribution in [0.4, 0.5) is 11.4 Å². The maximum Gasteiger partial charge on any atom is 0.335 e. The minimum Gasteiger partial charge on any atom is -0.478 e. The van der Waals surface area contributed by atoms with E-state index in [2.05, 4.69) is 21.2 Å². The summed E-state index contributed by atoms with van der Waals surface area (Å²) in [5, 5.41) is 12.0. The van der Waals surface area contributed by atoms with Crippen molar-refractivity contribution in [2.75, 3.05) is 23.8 Å². The third-order valence-corrected chi connectivity index (χ3v) is 3.50. The smallest absolute Gasteiger partial charge is 0.335 e. The highest BCUT2D eigenvalue weighted by atomic mass is 79.9. The first-order chi connectivity index (χ1) is 8.52. The standard InChI is InChI=1S/C12H13BrN2O3/c1-14-9-3-2-7(12(17)18)4-10(9)15-6-8(13)5-11(15)16/h2-4,8,14H,5-6H2,1H3,(H,17,18). The molecular formula is C12H13BrN2O3. The molecule has 6 heteroatoms. The van der Waals surface area contributed by atoms with Crippen LogP contribution in [0.15, 0.2) is 18.2 Å². The Kier molecular flexibility index (Phi) is 3.56. The number of nitrogens with one attached hydrogen (secondary N) is 1. The molecule has 1 heterocycles. The number of hydrogen-bond donors (Lipinski definition) is 2. The zero-order valence-corrected chi connectivity index (χ0v) is 11.4. The van der Waals surface area contributed by atoms with Crippen molar-refractivity contribution >= 4 is 39.2 Å². The van der Waals surface area contributed by atoms with Crippen LogP contribution in [0.25, 0.3) is 0 Å². The van der Waals surface area contributed by atoms with Gasteiger partial charge in [0.05, 0.1) is 16.9 Å². The highest BCUT2D eigenvalue weighted by molar-refractivity contribution is 9.09. The molecule has 1 unspecified atom stereocenters. The molecule has 0 bridgehead atoms. The van der Waals surface area contributed by atoms with Crippen molar-refractivity contribution in [1.82, 2.24) is 0 Å². The Morgan fingerprint density at radius 1 is 1.56 bits per heavy atom. The van der Waals surface area contributed by atoms with Gasteiger partial charge in [0.25, 0.3) is 0 Å². The zero-order valence-electron chi connectivity index (χ0n) is 9.81. The number of carboxylic acids is 1. The van der Waals surface area contributed by atoms with E-state index in [0.717, 1.165) is 5.69 Å². The summed E-state index contributed by atoms with van der Waals surface area (Å²) in [4.78, 5) is 24.6. The van der Waals surface area contributed by atoms with E-state index in [-0.39, 0.29) is 16.3 Å². The molecule has 1 amide bonds. The molecule has 0 saturated carbocycles. The van der Waals surface area contributed by atoms with Crippen LogP contribution in [0.5, 0.6) is 0 Å². The van der Waals surface area contributed by atoms with Crippen LogP contribution in [0.1, 0.15) is 16.8 Å². The zero-order chi connectivity index (χ0) is 13.3. The van der Waals surface area contributed by atoms with Crippen molar-refractivity contribution in [3.63, 3.8) is 0 Å². The van der Waals surface area contributed by atoms with Crippen LogP contribution in [-0.4, -0.2) is 35.4 Å². The van der Waals surface area contributed by atoms with Crippen LogP contribution in [0.3, 0.4) is 0 Å². The Morgan fingerprint density at radius 2 is 2.28 bits per heavy atom. The van der Waals surface area contributed by atoms with Crippen LogP contribution in [-0.2, 0) is 4.79 Å². The lowest BCUT2D eigenvalue weighted by atomic mass is 10.1. The summed E-state index contributed by atoms with van der Waals surface area (Å²) in [6, 6.07) is 4.72. The first kappa shape index (κ1) is 12.9. The number of hydrogen-bond acceptors (Lipinski definition) is 3. The van der Waals surface area contributed by atoms with Crippen LogP contribution in [0, 0.1) is 0 Å². The Balaban J connectivity index is 2.44. The van der Waals surface area contributed by atoms with Crippen molar-refractivity contribution in [2.24, 2.45) is 0 Å². The number of anilines is 2. The van der Waals surface area contributed by atoms with Gasteiger partial charge in [-0.1, -0.05) is 15.9 Å². The van der Waals surface area contributed by atoms with Gasteiger partial charge in [0.1, 0.15) is 0 Å². The number of amides is 1. The Labute approximate surface area is 113 Å². The Bertz CT molecular complexity index is 504. The summed E-state index contributed by atoms with van der Waals surface area (Å²) in [6.07, 6.45) is 0.431. The molecule has 1 fully saturated rings. The molecule has 1 aliphatic rings. The van der Waals surface area contributed by atoms with E-state index < -0.39 is 5.97 Å². The largest absolute Gasteiger partial charge is 0.478 e. The van der Waals surface area contributed by atoms with Crippen molar-refractivity contribution < 1.29 is 14.7 Å². The van der Waals surface area contributed by atoms with Gasteiger partial charge in [0.2, 0.25) is 5.91 Å². The normalized spacial score (nSPS) is 19.1. The van der Waals surface area contributed by atoms with Gasteiger partial charge >= 0.3 is 5.97 Å². The molecule has 1 aromatic rings. The summed E-state index contributed by atoms with van der Waals surface area (Å²) >= 11 is 3.41. The lowest BCUT2D eigenvalue weighted by Crippen LogP contribution is -2.25. The maximum atomic E-state index is 11.9. The van der Waals surface area contributed by atoms with Gasteiger partial charge < -0.3 is 15.3 Å². The molecule has 2 rings (SSSR count). The molecule has 1 aromatic carbocycles. The van der Waals surface area contributed by atoms with Gasteiger partial charge in [-0.15, -0.1) is 0 Å². The van der Waals surface area contributed by atoms with Gasteiger partial charge in [0.15, 0.2) is 0 Å². The number of carboxylic acid groups (broad SMARTS) is 1. The molecule has 1 aliphatic heterocycles. The predicted octanol–water partition coefficient (Wildman–Crippen LogP) is 1.93. The highest BCUT2D eigenvalue weighted by Crippen LogP contribution is 2.32. The molecule has 96 valence electrons. The average molecular weight is 313 g/mol. The van der Waals surface area contributed by atoms with E-state index in [1.54, 1.807) is 18.0 Å². The number of nitrogens with zero attached hydrogens (tertiary/aromatic N) is 1. The van der Waals surface area contributed by atoms with E-state index in [9.17, 15) is 9.59 Å². The predicted molar refractivity (Wildman–Crippen MR) is 72.6 cm³/mol. The van der Waals surface area contributed by atoms with Crippen molar-refractivity contribution in [3.05, 3.63) is 23.8 Å². The number of aromatic carboxylic acids is 1. The summed E-state index contributed by atoms with van der Waals surface area (Å²) in [5.41, 5.74) is 1.54. The lowest BCUT2D eigenvalue weighted by Gasteiger charge is -2.20. The van der Waals surface area contributed by atoms with Gasteiger partial charge in [-0.25, -0.2) is 4.79 Å². The summed E-state index contributed by atoms with van der Waals surface area (Å²) in [7, 11) is 1.74. The Morgan fingerprint density at radius 3 is 2.78 bits per heavy atom. The summed E-state index contributed by atoms with van der Waals surface area (Å²) in [6.45, 7) is 0.552. The SMILES string of the molecule is CNc1ccc(C(=O)O)cc1N1CC(Br)CC1=O. The van der Waals surface area contributed by atoms with Gasteiger partial charge in [-0.2, -0.15) is 0 Å². The minimum atomic E-state index is -0.999. The molecule has 0 spiro atoms. The lowest BCUT2D eigenvalue weighted by molar-refractivity contribution is -0.117. The summed E-state index contributed by atoms with van der Waals surface area (Å²) < 4.78 is 0. The molecule has 0 aromatic heterocycles. The first-order valence-corrected chi connectivity index (χ1v) is 6.44. The fraction of sp³-hybridized carbons (Fsp3) is 0.333. The molecule has 5 nitrogen and oxygen atoms in total. The monoisotopic (exact) mass is 312 g/mol. The molecule has 1 saturated heterocycles. The number of carbonyl (C=O) groups excluding carboxylic acids is 1. The van der Waals surface area contributed by atoms with Crippen molar-refractivity contribution in [2.45, 2.75) is 11.2 Å². The number of carbonyl (C=O) groups is 2. The second-order valence-electron chi connectivity index (χ2n) is 4.09.